The molecule has 13 heavy (non-hydrogen) atoms. The number of hydrogen-bond acceptors (Lipinski definition) is 2. The lowest BCUT2D eigenvalue weighted by atomic mass is 9.78. The molecule has 1 unspecified atom stereocenters. The summed E-state index contributed by atoms with van der Waals surface area (Å²) in [5, 5.41) is 0. The van der Waals surface area contributed by atoms with Crippen molar-refractivity contribution in [1.82, 2.24) is 0 Å². The maximum atomic E-state index is 6.18. The van der Waals surface area contributed by atoms with Crippen LogP contribution in [0, 0.1) is 0 Å². The van der Waals surface area contributed by atoms with E-state index in [0.29, 0.717) is 0 Å². The molecule has 78 valence electrons. The average Bonchev–Trinajstić information content (AvgIpc) is 2.19. The van der Waals surface area contributed by atoms with E-state index < -0.39 is 0 Å². The molecule has 0 bridgehead atoms. The Labute approximate surface area is 81.8 Å². The van der Waals surface area contributed by atoms with E-state index >= 15 is 0 Å². The van der Waals surface area contributed by atoms with Crippen LogP contribution in [0.15, 0.2) is 0 Å². The molecule has 0 aromatic carbocycles. The molecule has 0 spiro atoms. The van der Waals surface area contributed by atoms with E-state index in [1.165, 1.54) is 19.3 Å². The van der Waals surface area contributed by atoms with E-state index in [4.69, 9.17) is 10.5 Å². The topological polar surface area (TPSA) is 35.2 Å². The number of methoxy groups -OCH3 is 1. The number of rotatable bonds is 4. The number of ether oxygens (including phenoxy) is 1. The second-order valence-electron chi connectivity index (χ2n) is 4.22. The zero-order chi connectivity index (χ0) is 9.73. The van der Waals surface area contributed by atoms with Crippen LogP contribution >= 0.6 is 0 Å². The molecule has 2 N–H and O–H groups in total. The minimum Gasteiger partial charge on any atom is -0.377 e. The summed E-state index contributed by atoms with van der Waals surface area (Å²) in [6.07, 6.45) is 8.48. The van der Waals surface area contributed by atoms with E-state index in [0.717, 1.165) is 25.7 Å². The molecule has 1 atom stereocenters. The fraction of sp³-hybridized carbons (Fsp3) is 1.00. The lowest BCUT2D eigenvalue weighted by Gasteiger charge is -2.40. The summed E-state index contributed by atoms with van der Waals surface area (Å²) in [7, 11) is 1.82. The lowest BCUT2D eigenvalue weighted by Crippen LogP contribution is -2.50. The van der Waals surface area contributed by atoms with Crippen LogP contribution in [0.1, 0.15) is 51.9 Å². The van der Waals surface area contributed by atoms with Crippen LogP contribution in [0.2, 0.25) is 0 Å². The third-order valence-electron chi connectivity index (χ3n) is 3.38. The van der Waals surface area contributed by atoms with Crippen LogP contribution in [-0.4, -0.2) is 18.8 Å². The van der Waals surface area contributed by atoms with Crippen molar-refractivity contribution in [2.45, 2.75) is 63.5 Å². The van der Waals surface area contributed by atoms with E-state index in [2.05, 4.69) is 6.92 Å². The maximum absolute atomic E-state index is 6.18. The summed E-state index contributed by atoms with van der Waals surface area (Å²) in [4.78, 5) is 0. The van der Waals surface area contributed by atoms with Gasteiger partial charge in [0.15, 0.2) is 0 Å². The van der Waals surface area contributed by atoms with Crippen molar-refractivity contribution < 1.29 is 4.74 Å². The number of hydrogen-bond donors (Lipinski definition) is 1. The summed E-state index contributed by atoms with van der Waals surface area (Å²) in [5.74, 6) is 0. The van der Waals surface area contributed by atoms with Gasteiger partial charge in [-0.05, 0) is 19.3 Å². The van der Waals surface area contributed by atoms with Gasteiger partial charge >= 0.3 is 0 Å². The molecule has 1 aliphatic carbocycles. The highest BCUT2D eigenvalue weighted by Crippen LogP contribution is 2.34. The molecule has 1 fully saturated rings. The van der Waals surface area contributed by atoms with Crippen LogP contribution in [0.4, 0.5) is 0 Å². The molecule has 1 rings (SSSR count). The monoisotopic (exact) mass is 185 g/mol. The standard InChI is InChI=1S/C11H23NO/c1-3-7-10(12)11(13-2)8-5-4-6-9-11/h10H,3-9,12H2,1-2H3. The largest absolute Gasteiger partial charge is 0.377 e. The van der Waals surface area contributed by atoms with Crippen LogP contribution in [0.25, 0.3) is 0 Å². The maximum Gasteiger partial charge on any atom is 0.0828 e. The van der Waals surface area contributed by atoms with Crippen molar-refractivity contribution in [1.29, 1.82) is 0 Å². The van der Waals surface area contributed by atoms with Gasteiger partial charge in [-0.25, -0.2) is 0 Å². The molecule has 0 aromatic heterocycles. The molecule has 1 saturated carbocycles. The van der Waals surface area contributed by atoms with E-state index in [9.17, 15) is 0 Å². The Morgan fingerprint density at radius 1 is 1.31 bits per heavy atom. The first-order valence-corrected chi connectivity index (χ1v) is 5.56. The molecule has 0 heterocycles. The molecule has 0 amide bonds. The minimum atomic E-state index is 0.00819. The summed E-state index contributed by atoms with van der Waals surface area (Å²) in [6, 6.07) is 0.239. The fourth-order valence-electron chi connectivity index (χ4n) is 2.45. The van der Waals surface area contributed by atoms with Crippen LogP contribution < -0.4 is 5.73 Å². The molecular formula is C11H23NO. The third-order valence-corrected chi connectivity index (χ3v) is 3.38. The van der Waals surface area contributed by atoms with Crippen molar-refractivity contribution in [3.8, 4) is 0 Å². The molecule has 0 radical (unpaired) electrons. The predicted octanol–water partition coefficient (Wildman–Crippen LogP) is 2.46. The van der Waals surface area contributed by atoms with Crippen molar-refractivity contribution in [2.75, 3.05) is 7.11 Å². The quantitative estimate of drug-likeness (QED) is 0.730. The second-order valence-corrected chi connectivity index (χ2v) is 4.22. The first-order chi connectivity index (χ1) is 6.25. The van der Waals surface area contributed by atoms with Crippen molar-refractivity contribution in [3.05, 3.63) is 0 Å². The van der Waals surface area contributed by atoms with Crippen LogP contribution in [0.5, 0.6) is 0 Å². The summed E-state index contributed by atoms with van der Waals surface area (Å²) in [5.41, 5.74) is 6.19. The Kier molecular flexibility index (Phi) is 4.20. The van der Waals surface area contributed by atoms with Gasteiger partial charge in [-0.3, -0.25) is 0 Å². The first kappa shape index (κ1) is 11.0. The van der Waals surface area contributed by atoms with Gasteiger partial charge in [-0.1, -0.05) is 32.6 Å². The highest BCUT2D eigenvalue weighted by atomic mass is 16.5. The number of nitrogens with two attached hydrogens (primary N) is 1. The Hall–Kier alpha value is -0.0800. The Bertz CT molecular complexity index is 141. The molecule has 0 aliphatic heterocycles. The minimum absolute atomic E-state index is 0.00819. The molecule has 1 aliphatic rings. The summed E-state index contributed by atoms with van der Waals surface area (Å²) in [6.45, 7) is 2.19. The van der Waals surface area contributed by atoms with Gasteiger partial charge in [-0.15, -0.1) is 0 Å². The Morgan fingerprint density at radius 2 is 1.92 bits per heavy atom. The average molecular weight is 185 g/mol. The van der Waals surface area contributed by atoms with Crippen molar-refractivity contribution in [3.63, 3.8) is 0 Å². The van der Waals surface area contributed by atoms with Crippen molar-refractivity contribution in [2.24, 2.45) is 5.73 Å². The van der Waals surface area contributed by atoms with Crippen LogP contribution in [0.3, 0.4) is 0 Å². The van der Waals surface area contributed by atoms with Gasteiger partial charge in [0, 0.05) is 13.2 Å². The third kappa shape index (κ3) is 2.44. The Morgan fingerprint density at radius 3 is 2.38 bits per heavy atom. The zero-order valence-electron chi connectivity index (χ0n) is 9.01. The van der Waals surface area contributed by atoms with Crippen LogP contribution in [-0.2, 0) is 4.74 Å². The molecule has 0 saturated heterocycles. The summed E-state index contributed by atoms with van der Waals surface area (Å²) >= 11 is 0. The SMILES string of the molecule is CCCC(N)C1(OC)CCCCC1. The smallest absolute Gasteiger partial charge is 0.0828 e. The van der Waals surface area contributed by atoms with Gasteiger partial charge in [0.05, 0.1) is 5.60 Å². The molecule has 2 heteroatoms. The Balaban J connectivity index is 2.55. The highest BCUT2D eigenvalue weighted by Gasteiger charge is 2.37. The van der Waals surface area contributed by atoms with E-state index in [1.54, 1.807) is 0 Å². The molecule has 2 nitrogen and oxygen atoms in total. The van der Waals surface area contributed by atoms with Gasteiger partial charge in [0.25, 0.3) is 0 Å². The lowest BCUT2D eigenvalue weighted by molar-refractivity contribution is -0.0602. The normalized spacial score (nSPS) is 24.2. The predicted molar refractivity (Wildman–Crippen MR) is 55.7 cm³/mol. The summed E-state index contributed by atoms with van der Waals surface area (Å²) < 4.78 is 5.67. The highest BCUT2D eigenvalue weighted by molar-refractivity contribution is 4.93. The van der Waals surface area contributed by atoms with Gasteiger partial charge < -0.3 is 10.5 Å². The van der Waals surface area contributed by atoms with Gasteiger partial charge in [0.1, 0.15) is 0 Å². The first-order valence-electron chi connectivity index (χ1n) is 5.56. The molecule has 0 aromatic rings. The van der Waals surface area contributed by atoms with Crippen molar-refractivity contribution >= 4 is 0 Å². The van der Waals surface area contributed by atoms with E-state index in [1.807, 2.05) is 7.11 Å². The zero-order valence-corrected chi connectivity index (χ0v) is 9.01. The second kappa shape index (κ2) is 4.97. The van der Waals surface area contributed by atoms with Gasteiger partial charge in [0.2, 0.25) is 0 Å². The van der Waals surface area contributed by atoms with E-state index in [-0.39, 0.29) is 11.6 Å². The fourth-order valence-corrected chi connectivity index (χ4v) is 2.45. The molecular weight excluding hydrogens is 162 g/mol. The van der Waals surface area contributed by atoms with Gasteiger partial charge in [-0.2, -0.15) is 0 Å².